The van der Waals surface area contributed by atoms with Crippen molar-refractivity contribution < 1.29 is 19.2 Å². The van der Waals surface area contributed by atoms with E-state index in [4.69, 9.17) is 0 Å². The molecule has 5 rings (SSSR count). The average molecular weight is 604 g/mol. The van der Waals surface area contributed by atoms with E-state index in [1.807, 2.05) is 60.7 Å². The Balaban J connectivity index is 1.45. The molecule has 3 fully saturated rings. The lowest BCUT2D eigenvalue weighted by molar-refractivity contribution is -0.152. The van der Waals surface area contributed by atoms with Crippen LogP contribution in [0.4, 0.5) is 0 Å². The normalized spacial score (nSPS) is 23.4. The van der Waals surface area contributed by atoms with Gasteiger partial charge in [0, 0.05) is 45.8 Å². The molecular formula is C33H45N7O4. The molecule has 2 aromatic carbocycles. The summed E-state index contributed by atoms with van der Waals surface area (Å²) in [4.78, 5) is 60.9. The first-order valence-electron chi connectivity index (χ1n) is 15.7. The van der Waals surface area contributed by atoms with Crippen LogP contribution >= 0.6 is 0 Å². The summed E-state index contributed by atoms with van der Waals surface area (Å²) in [5, 5.41) is 12.4. The van der Waals surface area contributed by atoms with E-state index in [0.717, 1.165) is 37.3 Å². The average Bonchev–Trinajstić information content (AvgIpc) is 3.49. The van der Waals surface area contributed by atoms with Crippen LogP contribution < -0.4 is 21.3 Å². The molecule has 3 aliphatic rings. The van der Waals surface area contributed by atoms with Gasteiger partial charge in [0.2, 0.25) is 23.6 Å². The third kappa shape index (κ3) is 6.95. The zero-order valence-corrected chi connectivity index (χ0v) is 25.8. The number of hydrogen-bond acceptors (Lipinski definition) is 7. The van der Waals surface area contributed by atoms with Crippen molar-refractivity contribution in [2.45, 2.75) is 49.9 Å². The van der Waals surface area contributed by atoms with E-state index >= 15 is 0 Å². The van der Waals surface area contributed by atoms with Crippen LogP contribution in [-0.2, 0) is 19.2 Å². The maximum absolute atomic E-state index is 14.5. The van der Waals surface area contributed by atoms with E-state index in [0.29, 0.717) is 32.4 Å². The van der Waals surface area contributed by atoms with Crippen LogP contribution in [-0.4, -0.2) is 115 Å². The van der Waals surface area contributed by atoms with Crippen LogP contribution in [0.15, 0.2) is 60.7 Å². The topological polar surface area (TPSA) is 126 Å². The maximum Gasteiger partial charge on any atom is 0.247 e. The summed E-state index contributed by atoms with van der Waals surface area (Å²) in [5.74, 6) is -1.01. The van der Waals surface area contributed by atoms with Gasteiger partial charge in [0.15, 0.2) is 0 Å². The Morgan fingerprint density at radius 3 is 2.18 bits per heavy atom. The summed E-state index contributed by atoms with van der Waals surface area (Å²) in [7, 11) is 1.68. The fourth-order valence-electron chi connectivity index (χ4n) is 6.54. The Labute approximate surface area is 259 Å². The number of rotatable bonds is 9. The van der Waals surface area contributed by atoms with Crippen molar-refractivity contribution in [3.05, 3.63) is 71.8 Å². The first-order chi connectivity index (χ1) is 21.3. The van der Waals surface area contributed by atoms with Gasteiger partial charge in [0.05, 0.1) is 18.6 Å². The number of nitrogens with one attached hydrogen (secondary N) is 4. The summed E-state index contributed by atoms with van der Waals surface area (Å²) >= 11 is 0. The fraction of sp³-hybridized carbons (Fsp3) is 0.515. The molecular weight excluding hydrogens is 558 g/mol. The van der Waals surface area contributed by atoms with Gasteiger partial charge in [0.1, 0.15) is 11.6 Å². The SMILES string of the molecule is CN[C@H](C)C(=O)N[C@@H]1CN(C(=O)CN2CCNCC2)CC[C@@]2(C(=O)NC(c3ccccc3)c3ccccc3)CCCN2C1=O. The number of carbonyl (C=O) groups is 4. The van der Waals surface area contributed by atoms with Gasteiger partial charge in [-0.25, -0.2) is 0 Å². The summed E-state index contributed by atoms with van der Waals surface area (Å²) in [6, 6.07) is 17.7. The van der Waals surface area contributed by atoms with Crippen LogP contribution in [0.3, 0.4) is 0 Å². The Bertz CT molecular complexity index is 1260. The maximum atomic E-state index is 14.5. The smallest absolute Gasteiger partial charge is 0.247 e. The number of likely N-dealkylation sites (N-methyl/N-ethyl adjacent to an activating group) is 1. The molecule has 0 unspecified atom stereocenters. The van der Waals surface area contributed by atoms with Crippen molar-refractivity contribution in [3.63, 3.8) is 0 Å². The first kappa shape index (κ1) is 31.6. The van der Waals surface area contributed by atoms with Gasteiger partial charge < -0.3 is 31.1 Å². The lowest BCUT2D eigenvalue weighted by Crippen LogP contribution is -2.67. The van der Waals surface area contributed by atoms with Gasteiger partial charge in [-0.05, 0) is 44.4 Å². The van der Waals surface area contributed by atoms with E-state index in [1.165, 1.54) is 0 Å². The van der Waals surface area contributed by atoms with Crippen LogP contribution in [0, 0.1) is 0 Å². The number of piperazine rings is 1. The largest absolute Gasteiger partial charge is 0.343 e. The van der Waals surface area contributed by atoms with Gasteiger partial charge in [-0.15, -0.1) is 0 Å². The van der Waals surface area contributed by atoms with Crippen LogP contribution in [0.5, 0.6) is 0 Å². The summed E-state index contributed by atoms with van der Waals surface area (Å²) in [5.41, 5.74) is 0.721. The van der Waals surface area contributed by atoms with E-state index in [9.17, 15) is 19.2 Å². The Morgan fingerprint density at radius 2 is 1.57 bits per heavy atom. The number of benzene rings is 2. The van der Waals surface area contributed by atoms with Crippen molar-refractivity contribution in [2.75, 3.05) is 59.4 Å². The molecule has 4 N–H and O–H groups in total. The van der Waals surface area contributed by atoms with Gasteiger partial charge in [-0.3, -0.25) is 24.1 Å². The predicted octanol–water partition coefficient (Wildman–Crippen LogP) is 0.484. The van der Waals surface area contributed by atoms with Crippen molar-refractivity contribution in [3.8, 4) is 0 Å². The molecule has 3 saturated heterocycles. The molecule has 0 saturated carbocycles. The number of fused-ring (bicyclic) bond motifs is 1. The Hall–Kier alpha value is -3.80. The molecule has 2 aromatic rings. The molecule has 3 aliphatic heterocycles. The second-order valence-corrected chi connectivity index (χ2v) is 12.0. The number of nitrogens with zero attached hydrogens (tertiary/aromatic N) is 3. The predicted molar refractivity (Wildman–Crippen MR) is 168 cm³/mol. The van der Waals surface area contributed by atoms with Crippen LogP contribution in [0.25, 0.3) is 0 Å². The van der Waals surface area contributed by atoms with Crippen molar-refractivity contribution in [2.24, 2.45) is 0 Å². The third-order valence-electron chi connectivity index (χ3n) is 9.28. The molecule has 236 valence electrons. The molecule has 11 nitrogen and oxygen atoms in total. The van der Waals surface area contributed by atoms with Gasteiger partial charge in [0.25, 0.3) is 0 Å². The Kier molecular flexibility index (Phi) is 10.3. The Morgan fingerprint density at radius 1 is 0.932 bits per heavy atom. The highest BCUT2D eigenvalue weighted by Gasteiger charge is 2.53. The molecule has 3 heterocycles. The number of hydrogen-bond donors (Lipinski definition) is 4. The van der Waals surface area contributed by atoms with Crippen molar-refractivity contribution >= 4 is 23.6 Å². The monoisotopic (exact) mass is 603 g/mol. The zero-order valence-electron chi connectivity index (χ0n) is 25.8. The van der Waals surface area contributed by atoms with E-state index in [1.54, 1.807) is 23.8 Å². The second-order valence-electron chi connectivity index (χ2n) is 12.0. The van der Waals surface area contributed by atoms with Crippen LogP contribution in [0.1, 0.15) is 43.4 Å². The summed E-state index contributed by atoms with van der Waals surface area (Å²) in [6.07, 6.45) is 1.46. The highest BCUT2D eigenvalue weighted by Crippen LogP contribution is 2.36. The molecule has 4 amide bonds. The van der Waals surface area contributed by atoms with E-state index in [2.05, 4.69) is 26.2 Å². The molecule has 11 heteroatoms. The first-order valence-corrected chi connectivity index (χ1v) is 15.7. The minimum absolute atomic E-state index is 0.0663. The third-order valence-corrected chi connectivity index (χ3v) is 9.28. The number of carbonyl (C=O) groups excluding carboxylic acids is 4. The standard InChI is InChI=1S/C33H45N7O4/c1-24(34-2)30(42)36-27-22-39(28(41)23-38-20-16-35-17-21-38)19-15-33(14-9-18-40(33)31(27)43)32(44)37-29(25-10-5-3-6-11-25)26-12-7-4-8-13-26/h3-8,10-13,24,27,29,34-35H,9,14-23H2,1-2H3,(H,36,42)(H,37,44)/t24-,27-,33-/m1/s1. The fourth-order valence-corrected chi connectivity index (χ4v) is 6.54. The molecule has 0 radical (unpaired) electrons. The van der Waals surface area contributed by atoms with Crippen molar-refractivity contribution in [1.29, 1.82) is 0 Å². The number of amides is 4. The van der Waals surface area contributed by atoms with Gasteiger partial charge >= 0.3 is 0 Å². The highest BCUT2D eigenvalue weighted by molar-refractivity contribution is 5.96. The molecule has 0 spiro atoms. The zero-order chi connectivity index (χ0) is 31.1. The minimum Gasteiger partial charge on any atom is -0.343 e. The molecule has 0 aromatic heterocycles. The molecule has 0 bridgehead atoms. The van der Waals surface area contributed by atoms with Crippen LogP contribution in [0.2, 0.25) is 0 Å². The lowest BCUT2D eigenvalue weighted by Gasteiger charge is -2.44. The quantitative estimate of drug-likeness (QED) is 0.329. The lowest BCUT2D eigenvalue weighted by atomic mass is 9.87. The van der Waals surface area contributed by atoms with Crippen molar-refractivity contribution in [1.82, 2.24) is 36.0 Å². The van der Waals surface area contributed by atoms with E-state index in [-0.39, 0.29) is 36.7 Å². The van der Waals surface area contributed by atoms with Gasteiger partial charge in [-0.1, -0.05) is 60.7 Å². The van der Waals surface area contributed by atoms with E-state index < -0.39 is 23.7 Å². The molecule has 3 atom stereocenters. The second kappa shape index (κ2) is 14.3. The molecule has 44 heavy (non-hydrogen) atoms. The van der Waals surface area contributed by atoms with Gasteiger partial charge in [-0.2, -0.15) is 0 Å². The highest BCUT2D eigenvalue weighted by atomic mass is 16.2. The summed E-state index contributed by atoms with van der Waals surface area (Å²) in [6.45, 7) is 5.89. The minimum atomic E-state index is -1.15. The summed E-state index contributed by atoms with van der Waals surface area (Å²) < 4.78 is 0. The molecule has 0 aliphatic carbocycles.